The van der Waals surface area contributed by atoms with Gasteiger partial charge in [-0.1, -0.05) is 30.8 Å². The van der Waals surface area contributed by atoms with E-state index in [1.807, 2.05) is 0 Å². The molecule has 0 spiro atoms. The zero-order valence-electron chi connectivity index (χ0n) is 10.4. The van der Waals surface area contributed by atoms with Crippen LogP contribution in [0.4, 0.5) is 6.01 Å². The van der Waals surface area contributed by atoms with E-state index in [1.165, 1.54) is 0 Å². The minimum absolute atomic E-state index is 0.0661. The Morgan fingerprint density at radius 1 is 1.39 bits per heavy atom. The van der Waals surface area contributed by atoms with Gasteiger partial charge in [0.2, 0.25) is 5.91 Å². The lowest BCUT2D eigenvalue weighted by molar-refractivity contribution is -0.123. The Morgan fingerprint density at radius 3 is 2.56 bits per heavy atom. The van der Waals surface area contributed by atoms with E-state index in [0.717, 1.165) is 25.7 Å². The SMILES string of the molecule is Cc1noc(NC(=O)C2(C#N)CCCCCC2)n1. The zero-order valence-corrected chi connectivity index (χ0v) is 10.4. The summed E-state index contributed by atoms with van der Waals surface area (Å²) in [5.74, 6) is 0.132. The standard InChI is InChI=1S/C12H16N4O2/c1-9-14-11(18-16-9)15-10(17)12(8-13)6-4-2-3-5-7-12/h2-7H2,1H3,(H,14,15,16,17). The summed E-state index contributed by atoms with van der Waals surface area (Å²) in [6, 6.07) is 2.25. The third-order valence-corrected chi connectivity index (χ3v) is 3.35. The van der Waals surface area contributed by atoms with Crippen molar-refractivity contribution in [1.29, 1.82) is 5.26 Å². The highest BCUT2D eigenvalue weighted by atomic mass is 16.5. The van der Waals surface area contributed by atoms with Crippen molar-refractivity contribution in [2.45, 2.75) is 45.4 Å². The molecule has 6 nitrogen and oxygen atoms in total. The molecule has 1 saturated carbocycles. The lowest BCUT2D eigenvalue weighted by Crippen LogP contribution is -2.34. The van der Waals surface area contributed by atoms with E-state index in [2.05, 4.69) is 21.5 Å². The van der Waals surface area contributed by atoms with Crippen LogP contribution in [0.1, 0.15) is 44.3 Å². The van der Waals surface area contributed by atoms with Gasteiger partial charge in [-0.3, -0.25) is 10.1 Å². The molecule has 0 unspecified atom stereocenters. The second-order valence-corrected chi connectivity index (χ2v) is 4.71. The van der Waals surface area contributed by atoms with Gasteiger partial charge in [0.1, 0.15) is 5.41 Å². The van der Waals surface area contributed by atoms with E-state index in [4.69, 9.17) is 4.52 Å². The maximum absolute atomic E-state index is 12.2. The van der Waals surface area contributed by atoms with Gasteiger partial charge >= 0.3 is 6.01 Å². The van der Waals surface area contributed by atoms with Crippen LogP contribution < -0.4 is 5.32 Å². The molecule has 1 fully saturated rings. The molecule has 0 aliphatic heterocycles. The Labute approximate surface area is 105 Å². The number of nitriles is 1. The molecule has 96 valence electrons. The summed E-state index contributed by atoms with van der Waals surface area (Å²) in [6.07, 6.45) is 5.17. The first-order valence-electron chi connectivity index (χ1n) is 6.19. The molecule has 0 atom stereocenters. The molecule has 1 aromatic rings. The van der Waals surface area contributed by atoms with Gasteiger partial charge in [0.25, 0.3) is 0 Å². The molecule has 0 saturated heterocycles. The summed E-state index contributed by atoms with van der Waals surface area (Å²) in [5, 5.41) is 15.5. The maximum atomic E-state index is 12.2. The summed E-state index contributed by atoms with van der Waals surface area (Å²) < 4.78 is 4.84. The average molecular weight is 248 g/mol. The van der Waals surface area contributed by atoms with Gasteiger partial charge in [-0.15, -0.1) is 0 Å². The van der Waals surface area contributed by atoms with Crippen LogP contribution >= 0.6 is 0 Å². The molecule has 1 aliphatic carbocycles. The largest absolute Gasteiger partial charge is 0.328 e. The number of amides is 1. The fraction of sp³-hybridized carbons (Fsp3) is 0.667. The molecular formula is C12H16N4O2. The average Bonchev–Trinajstić information content (AvgIpc) is 2.65. The van der Waals surface area contributed by atoms with Crippen molar-refractivity contribution in [3.8, 4) is 6.07 Å². The molecule has 18 heavy (non-hydrogen) atoms. The number of carbonyl (C=O) groups is 1. The fourth-order valence-corrected chi connectivity index (χ4v) is 2.29. The van der Waals surface area contributed by atoms with Crippen molar-refractivity contribution in [3.05, 3.63) is 5.82 Å². The van der Waals surface area contributed by atoms with Crippen molar-refractivity contribution < 1.29 is 9.32 Å². The first kappa shape index (κ1) is 12.6. The van der Waals surface area contributed by atoms with E-state index in [1.54, 1.807) is 6.92 Å². The number of hydrogen-bond acceptors (Lipinski definition) is 5. The Morgan fingerprint density at radius 2 is 2.06 bits per heavy atom. The number of rotatable bonds is 2. The van der Waals surface area contributed by atoms with Crippen molar-refractivity contribution in [2.24, 2.45) is 5.41 Å². The number of hydrogen-bond donors (Lipinski definition) is 1. The van der Waals surface area contributed by atoms with Gasteiger partial charge in [0.15, 0.2) is 5.82 Å². The van der Waals surface area contributed by atoms with Crippen LogP contribution in [0.5, 0.6) is 0 Å². The lowest BCUT2D eigenvalue weighted by Gasteiger charge is -2.22. The lowest BCUT2D eigenvalue weighted by atomic mass is 9.81. The molecule has 1 N–H and O–H groups in total. The Hall–Kier alpha value is -1.90. The molecule has 0 bridgehead atoms. The van der Waals surface area contributed by atoms with Crippen molar-refractivity contribution in [1.82, 2.24) is 10.1 Å². The zero-order chi connectivity index (χ0) is 13.0. The summed E-state index contributed by atoms with van der Waals surface area (Å²) >= 11 is 0. The highest BCUT2D eigenvalue weighted by molar-refractivity contribution is 5.95. The number of nitrogens with zero attached hydrogens (tertiary/aromatic N) is 3. The van der Waals surface area contributed by atoms with Crippen LogP contribution in [0.3, 0.4) is 0 Å². The number of aryl methyl sites for hydroxylation is 1. The molecule has 1 heterocycles. The van der Waals surface area contributed by atoms with Gasteiger partial charge < -0.3 is 4.52 Å². The van der Waals surface area contributed by atoms with E-state index in [9.17, 15) is 10.1 Å². The van der Waals surface area contributed by atoms with Crippen molar-refractivity contribution >= 4 is 11.9 Å². The van der Waals surface area contributed by atoms with Gasteiger partial charge in [-0.25, -0.2) is 0 Å². The van der Waals surface area contributed by atoms with Crippen LogP contribution in [0.25, 0.3) is 0 Å². The molecular weight excluding hydrogens is 232 g/mol. The number of nitrogens with one attached hydrogen (secondary N) is 1. The first-order chi connectivity index (χ1) is 8.66. The van der Waals surface area contributed by atoms with Crippen LogP contribution in [0, 0.1) is 23.7 Å². The molecule has 2 rings (SSSR count). The number of carbonyl (C=O) groups excluding carboxylic acids is 1. The Bertz CT molecular complexity index is 467. The molecule has 6 heteroatoms. The minimum Gasteiger partial charge on any atom is -0.315 e. The molecule has 1 aliphatic rings. The van der Waals surface area contributed by atoms with Gasteiger partial charge in [-0.05, 0) is 19.8 Å². The van der Waals surface area contributed by atoms with E-state index < -0.39 is 5.41 Å². The van der Waals surface area contributed by atoms with Crippen molar-refractivity contribution in [3.63, 3.8) is 0 Å². The number of aromatic nitrogens is 2. The predicted molar refractivity (Wildman–Crippen MR) is 63.4 cm³/mol. The molecule has 0 radical (unpaired) electrons. The number of anilines is 1. The van der Waals surface area contributed by atoms with E-state index >= 15 is 0 Å². The quantitative estimate of drug-likeness (QED) is 0.810. The van der Waals surface area contributed by atoms with E-state index in [-0.39, 0.29) is 11.9 Å². The third kappa shape index (κ3) is 2.50. The Balaban J connectivity index is 2.12. The first-order valence-corrected chi connectivity index (χ1v) is 6.19. The van der Waals surface area contributed by atoms with Gasteiger partial charge in [0.05, 0.1) is 6.07 Å². The fourth-order valence-electron chi connectivity index (χ4n) is 2.29. The van der Waals surface area contributed by atoms with Gasteiger partial charge in [-0.2, -0.15) is 10.2 Å². The highest BCUT2D eigenvalue weighted by Crippen LogP contribution is 2.35. The van der Waals surface area contributed by atoms with Crippen LogP contribution in [-0.4, -0.2) is 16.0 Å². The molecule has 1 aromatic heterocycles. The summed E-state index contributed by atoms with van der Waals surface area (Å²) in [6.45, 7) is 1.67. The smallest absolute Gasteiger partial charge is 0.315 e. The summed E-state index contributed by atoms with van der Waals surface area (Å²) in [5.41, 5.74) is -0.946. The van der Waals surface area contributed by atoms with Crippen LogP contribution in [0.2, 0.25) is 0 Å². The Kier molecular flexibility index (Phi) is 3.60. The summed E-state index contributed by atoms with van der Waals surface area (Å²) in [7, 11) is 0. The molecule has 1 amide bonds. The minimum atomic E-state index is -0.946. The molecule has 0 aromatic carbocycles. The highest BCUT2D eigenvalue weighted by Gasteiger charge is 2.39. The van der Waals surface area contributed by atoms with Crippen molar-refractivity contribution in [2.75, 3.05) is 5.32 Å². The van der Waals surface area contributed by atoms with Gasteiger partial charge in [0, 0.05) is 0 Å². The third-order valence-electron chi connectivity index (χ3n) is 3.35. The monoisotopic (exact) mass is 248 g/mol. The van der Waals surface area contributed by atoms with Crippen LogP contribution in [-0.2, 0) is 4.79 Å². The topological polar surface area (TPSA) is 91.8 Å². The van der Waals surface area contributed by atoms with E-state index in [0.29, 0.717) is 18.7 Å². The van der Waals surface area contributed by atoms with Crippen LogP contribution in [0.15, 0.2) is 4.52 Å². The maximum Gasteiger partial charge on any atom is 0.328 e. The second-order valence-electron chi connectivity index (χ2n) is 4.71. The predicted octanol–water partition coefficient (Wildman–Crippen LogP) is 2.18. The summed E-state index contributed by atoms with van der Waals surface area (Å²) in [4.78, 5) is 16.1. The normalized spacial score (nSPS) is 18.7. The second kappa shape index (κ2) is 5.17.